The molecule has 0 bridgehead atoms. The maximum atomic E-state index is 11.6. The monoisotopic (exact) mass is 238 g/mol. The van der Waals surface area contributed by atoms with E-state index in [0.717, 1.165) is 0 Å². The van der Waals surface area contributed by atoms with Crippen molar-refractivity contribution in [2.24, 2.45) is 0 Å². The van der Waals surface area contributed by atoms with Gasteiger partial charge in [0, 0.05) is 0 Å². The first-order valence-corrected chi connectivity index (χ1v) is 6.75. The van der Waals surface area contributed by atoms with Gasteiger partial charge in [-0.25, -0.2) is 0 Å². The molecule has 0 aliphatic heterocycles. The summed E-state index contributed by atoms with van der Waals surface area (Å²) < 4.78 is 21.1. The molecule has 0 amide bonds. The van der Waals surface area contributed by atoms with Gasteiger partial charge in [-0.05, 0) is 20.3 Å². The standard InChI is InChI=1S/C9H19O5P/c1-4-8(7-9(10)13-5-2)15(11,12)14-6-3/h8H,4-7H2,1-3H3,(H,11,12). The smallest absolute Gasteiger partial charge is 0.331 e. The van der Waals surface area contributed by atoms with E-state index in [1.165, 1.54) is 0 Å². The third-order valence-electron chi connectivity index (χ3n) is 1.95. The second-order valence-corrected chi connectivity index (χ2v) is 5.17. The molecule has 0 saturated carbocycles. The van der Waals surface area contributed by atoms with Crippen molar-refractivity contribution in [3.05, 3.63) is 0 Å². The number of carbonyl (C=O) groups is 1. The first-order chi connectivity index (χ1) is 6.97. The fraction of sp³-hybridized carbons (Fsp3) is 0.889. The zero-order valence-electron chi connectivity index (χ0n) is 9.43. The highest BCUT2D eigenvalue weighted by atomic mass is 31.2. The van der Waals surface area contributed by atoms with Gasteiger partial charge in [0.15, 0.2) is 0 Å². The van der Waals surface area contributed by atoms with E-state index in [0.29, 0.717) is 6.42 Å². The SMILES string of the molecule is CCOC(=O)CC(CC)P(=O)(O)OCC. The van der Waals surface area contributed by atoms with E-state index in [2.05, 4.69) is 0 Å². The van der Waals surface area contributed by atoms with Crippen LogP contribution in [-0.2, 0) is 18.6 Å². The highest BCUT2D eigenvalue weighted by Crippen LogP contribution is 2.50. The molecule has 0 rings (SSSR count). The number of carbonyl (C=O) groups excluding carboxylic acids is 1. The van der Waals surface area contributed by atoms with Crippen LogP contribution in [0.5, 0.6) is 0 Å². The van der Waals surface area contributed by atoms with Gasteiger partial charge in [-0.1, -0.05) is 6.92 Å². The van der Waals surface area contributed by atoms with Crippen LogP contribution in [0.3, 0.4) is 0 Å². The van der Waals surface area contributed by atoms with Gasteiger partial charge in [0.25, 0.3) is 0 Å². The molecule has 6 heteroatoms. The first kappa shape index (κ1) is 14.6. The molecule has 0 aliphatic carbocycles. The van der Waals surface area contributed by atoms with Crippen molar-refractivity contribution >= 4 is 13.6 Å². The Morgan fingerprint density at radius 3 is 2.33 bits per heavy atom. The molecule has 0 radical (unpaired) electrons. The summed E-state index contributed by atoms with van der Waals surface area (Å²) in [6, 6.07) is 0. The summed E-state index contributed by atoms with van der Waals surface area (Å²) in [5.74, 6) is -0.460. The summed E-state index contributed by atoms with van der Waals surface area (Å²) in [4.78, 5) is 20.7. The number of rotatable bonds is 7. The zero-order chi connectivity index (χ0) is 11.9. The average Bonchev–Trinajstić information content (AvgIpc) is 2.14. The minimum atomic E-state index is -3.68. The Morgan fingerprint density at radius 2 is 1.93 bits per heavy atom. The quantitative estimate of drug-likeness (QED) is 0.542. The van der Waals surface area contributed by atoms with Crippen molar-refractivity contribution in [2.45, 2.75) is 39.3 Å². The van der Waals surface area contributed by atoms with Crippen LogP contribution in [0, 0.1) is 0 Å². The van der Waals surface area contributed by atoms with Crippen LogP contribution in [0.4, 0.5) is 0 Å². The number of hydrogen-bond acceptors (Lipinski definition) is 4. The summed E-state index contributed by atoms with van der Waals surface area (Å²) in [5, 5.41) is 0. The van der Waals surface area contributed by atoms with Crippen LogP contribution < -0.4 is 0 Å². The molecule has 2 unspecified atom stereocenters. The highest BCUT2D eigenvalue weighted by Gasteiger charge is 2.32. The summed E-state index contributed by atoms with van der Waals surface area (Å²) in [7, 11) is -3.68. The van der Waals surface area contributed by atoms with Crippen LogP contribution in [0.2, 0.25) is 0 Å². The van der Waals surface area contributed by atoms with Crippen LogP contribution in [0.15, 0.2) is 0 Å². The lowest BCUT2D eigenvalue weighted by Crippen LogP contribution is -2.17. The maximum absolute atomic E-state index is 11.6. The van der Waals surface area contributed by atoms with Crippen LogP contribution in [-0.4, -0.2) is 29.7 Å². The highest BCUT2D eigenvalue weighted by molar-refractivity contribution is 7.53. The van der Waals surface area contributed by atoms with Gasteiger partial charge in [0.2, 0.25) is 0 Å². The van der Waals surface area contributed by atoms with E-state index in [4.69, 9.17) is 9.26 Å². The molecule has 0 aromatic rings. The molecule has 1 N–H and O–H groups in total. The second kappa shape index (κ2) is 6.99. The van der Waals surface area contributed by atoms with Gasteiger partial charge in [0.1, 0.15) is 0 Å². The van der Waals surface area contributed by atoms with Crippen molar-refractivity contribution in [3.63, 3.8) is 0 Å². The van der Waals surface area contributed by atoms with Crippen LogP contribution >= 0.6 is 7.60 Å². The van der Waals surface area contributed by atoms with Crippen molar-refractivity contribution in [1.29, 1.82) is 0 Å². The van der Waals surface area contributed by atoms with E-state index in [-0.39, 0.29) is 19.6 Å². The normalized spacial score (nSPS) is 16.8. The molecule has 0 heterocycles. The van der Waals surface area contributed by atoms with Gasteiger partial charge in [-0.2, -0.15) is 0 Å². The largest absolute Gasteiger partial charge is 0.466 e. The van der Waals surface area contributed by atoms with Crippen molar-refractivity contribution < 1.29 is 23.5 Å². The summed E-state index contributed by atoms with van der Waals surface area (Å²) in [6.45, 7) is 5.51. The minimum Gasteiger partial charge on any atom is -0.466 e. The fourth-order valence-electron chi connectivity index (χ4n) is 1.19. The van der Waals surface area contributed by atoms with E-state index in [1.807, 2.05) is 0 Å². The summed E-state index contributed by atoms with van der Waals surface area (Å²) in [6.07, 6.45) is 0.338. The van der Waals surface area contributed by atoms with Gasteiger partial charge in [0.05, 0.1) is 25.3 Å². The maximum Gasteiger partial charge on any atom is 0.331 e. The predicted molar refractivity (Wildman–Crippen MR) is 56.8 cm³/mol. The van der Waals surface area contributed by atoms with Crippen LogP contribution in [0.25, 0.3) is 0 Å². The molecular formula is C9H19O5P. The van der Waals surface area contributed by atoms with Crippen LogP contribution in [0.1, 0.15) is 33.6 Å². The van der Waals surface area contributed by atoms with Gasteiger partial charge in [-0.15, -0.1) is 0 Å². The lowest BCUT2D eigenvalue weighted by molar-refractivity contribution is -0.143. The topological polar surface area (TPSA) is 72.8 Å². The lowest BCUT2D eigenvalue weighted by atomic mass is 10.2. The van der Waals surface area contributed by atoms with E-state index in [9.17, 15) is 14.3 Å². The molecular weight excluding hydrogens is 219 g/mol. The third-order valence-corrected chi connectivity index (χ3v) is 4.05. The second-order valence-electron chi connectivity index (χ2n) is 3.05. The number of hydrogen-bond donors (Lipinski definition) is 1. The predicted octanol–water partition coefficient (Wildman–Crippen LogP) is 1.94. The number of ether oxygens (including phenoxy) is 1. The Balaban J connectivity index is 4.35. The van der Waals surface area contributed by atoms with Crippen molar-refractivity contribution in [2.75, 3.05) is 13.2 Å². The van der Waals surface area contributed by atoms with Crippen molar-refractivity contribution in [3.8, 4) is 0 Å². The Kier molecular flexibility index (Phi) is 6.81. The molecule has 0 aliphatic rings. The van der Waals surface area contributed by atoms with E-state index >= 15 is 0 Å². The number of esters is 1. The molecule has 90 valence electrons. The lowest BCUT2D eigenvalue weighted by Gasteiger charge is -2.19. The zero-order valence-corrected chi connectivity index (χ0v) is 10.3. The molecule has 0 aromatic heterocycles. The first-order valence-electron chi connectivity index (χ1n) is 5.10. The van der Waals surface area contributed by atoms with Gasteiger partial charge >= 0.3 is 13.6 Å². The summed E-state index contributed by atoms with van der Waals surface area (Å²) >= 11 is 0. The molecule has 5 nitrogen and oxygen atoms in total. The third kappa shape index (κ3) is 5.30. The molecule has 15 heavy (non-hydrogen) atoms. The minimum absolute atomic E-state index is 0.0713. The Hall–Kier alpha value is -0.380. The van der Waals surface area contributed by atoms with E-state index in [1.54, 1.807) is 20.8 Å². The summed E-state index contributed by atoms with van der Waals surface area (Å²) in [5.41, 5.74) is -0.670. The molecule has 0 spiro atoms. The average molecular weight is 238 g/mol. The van der Waals surface area contributed by atoms with Gasteiger partial charge < -0.3 is 14.2 Å². The molecule has 0 saturated heterocycles. The van der Waals surface area contributed by atoms with Gasteiger partial charge in [-0.3, -0.25) is 9.36 Å². The molecule has 0 aromatic carbocycles. The Bertz CT molecular complexity index is 241. The molecule has 0 fully saturated rings. The Labute approximate surface area is 90.3 Å². The molecule has 2 atom stereocenters. The van der Waals surface area contributed by atoms with Crippen molar-refractivity contribution in [1.82, 2.24) is 0 Å². The van der Waals surface area contributed by atoms with E-state index < -0.39 is 19.2 Å². The fourth-order valence-corrected chi connectivity index (χ4v) is 2.62. The Morgan fingerprint density at radius 1 is 1.33 bits per heavy atom.